The number of benzene rings is 1. The number of hydrogen-bond donors (Lipinski definition) is 1. The first-order valence-electron chi connectivity index (χ1n) is 7.18. The highest BCUT2D eigenvalue weighted by molar-refractivity contribution is 7.96. The molecule has 0 saturated carbocycles. The van der Waals surface area contributed by atoms with Crippen molar-refractivity contribution in [3.05, 3.63) is 39.9 Å². The molecule has 25 heavy (non-hydrogen) atoms. The maximum atomic E-state index is 12.2. The Hall–Kier alpha value is -2.14. The summed E-state index contributed by atoms with van der Waals surface area (Å²) in [6, 6.07) is 4.47. The molecule has 2 atom stereocenters. The zero-order valence-corrected chi connectivity index (χ0v) is 14.9. The van der Waals surface area contributed by atoms with E-state index < -0.39 is 37.3 Å². The second kappa shape index (κ2) is 7.40. The van der Waals surface area contributed by atoms with Crippen LogP contribution in [-0.2, 0) is 26.0 Å². The Balaban J connectivity index is 2.03. The van der Waals surface area contributed by atoms with Crippen LogP contribution in [0, 0.1) is 10.1 Å². The summed E-state index contributed by atoms with van der Waals surface area (Å²) in [6.45, 7) is -0.306. The van der Waals surface area contributed by atoms with Gasteiger partial charge in [0.1, 0.15) is 12.6 Å². The molecule has 0 aliphatic carbocycles. The van der Waals surface area contributed by atoms with E-state index in [-0.39, 0.29) is 25.3 Å². The van der Waals surface area contributed by atoms with Crippen LogP contribution in [0.4, 0.5) is 10.5 Å². The molecular formula is C14H16N2O7S2. The third-order valence-electron chi connectivity index (χ3n) is 3.90. The number of likely N-dealkylation sites (tertiary alicyclic amines) is 1. The number of rotatable bonds is 5. The van der Waals surface area contributed by atoms with Gasteiger partial charge in [-0.15, -0.1) is 12.6 Å². The van der Waals surface area contributed by atoms with Crippen molar-refractivity contribution in [3.63, 3.8) is 0 Å². The number of thiol groups is 1. The fraction of sp³-hybridized carbons (Fsp3) is 0.429. The van der Waals surface area contributed by atoms with E-state index in [1.165, 1.54) is 24.3 Å². The Morgan fingerprint density at radius 1 is 1.36 bits per heavy atom. The lowest BCUT2D eigenvalue weighted by atomic mass is 10.2. The molecule has 1 aromatic carbocycles. The fourth-order valence-electron chi connectivity index (χ4n) is 2.49. The van der Waals surface area contributed by atoms with Gasteiger partial charge >= 0.3 is 6.09 Å². The minimum absolute atomic E-state index is 0.0200. The SMILES string of the molecule is CS(=O)(=O)[C@@H]1C[C@@H](C(=O)S)N(C(=O)OCc2ccc([N+](=O)[O-])cc2)C1. The van der Waals surface area contributed by atoms with Crippen LogP contribution in [0.1, 0.15) is 12.0 Å². The zero-order valence-electron chi connectivity index (χ0n) is 13.2. The third-order valence-corrected chi connectivity index (χ3v) is 5.75. The maximum Gasteiger partial charge on any atom is 0.410 e. The van der Waals surface area contributed by atoms with Crippen LogP contribution in [0.2, 0.25) is 0 Å². The average Bonchev–Trinajstić information content (AvgIpc) is 2.99. The summed E-state index contributed by atoms with van der Waals surface area (Å²) in [7, 11) is -3.41. The number of amides is 1. The van der Waals surface area contributed by atoms with Gasteiger partial charge in [0, 0.05) is 24.9 Å². The number of carbonyl (C=O) groups excluding carboxylic acids is 2. The van der Waals surface area contributed by atoms with Crippen molar-refractivity contribution in [2.75, 3.05) is 12.8 Å². The number of hydrogen-bond acceptors (Lipinski definition) is 7. The van der Waals surface area contributed by atoms with Crippen LogP contribution in [0.3, 0.4) is 0 Å². The van der Waals surface area contributed by atoms with E-state index >= 15 is 0 Å². The molecule has 0 unspecified atom stereocenters. The van der Waals surface area contributed by atoms with Gasteiger partial charge < -0.3 is 4.74 Å². The first-order valence-corrected chi connectivity index (χ1v) is 9.58. The summed E-state index contributed by atoms with van der Waals surface area (Å²) in [4.78, 5) is 34.9. The molecule has 2 rings (SSSR count). The predicted molar refractivity (Wildman–Crippen MR) is 91.0 cm³/mol. The Bertz CT molecular complexity index is 792. The highest BCUT2D eigenvalue weighted by atomic mass is 32.2. The minimum Gasteiger partial charge on any atom is -0.445 e. The molecule has 11 heteroatoms. The lowest BCUT2D eigenvalue weighted by molar-refractivity contribution is -0.384. The van der Waals surface area contributed by atoms with Gasteiger partial charge in [-0.1, -0.05) is 0 Å². The smallest absolute Gasteiger partial charge is 0.410 e. The van der Waals surface area contributed by atoms with Crippen LogP contribution in [0.25, 0.3) is 0 Å². The summed E-state index contributed by atoms with van der Waals surface area (Å²) in [6.07, 6.45) is 0.189. The van der Waals surface area contributed by atoms with E-state index in [2.05, 4.69) is 12.6 Å². The Morgan fingerprint density at radius 2 is 1.96 bits per heavy atom. The monoisotopic (exact) mass is 388 g/mol. The quantitative estimate of drug-likeness (QED) is 0.456. The normalized spacial score (nSPS) is 20.3. The van der Waals surface area contributed by atoms with E-state index in [1.54, 1.807) is 0 Å². The maximum absolute atomic E-state index is 12.2. The van der Waals surface area contributed by atoms with Gasteiger partial charge in [-0.05, 0) is 24.1 Å². The van der Waals surface area contributed by atoms with Crippen molar-refractivity contribution in [1.29, 1.82) is 0 Å². The lowest BCUT2D eigenvalue weighted by Crippen LogP contribution is -2.39. The van der Waals surface area contributed by atoms with Crippen molar-refractivity contribution >= 4 is 39.4 Å². The van der Waals surface area contributed by atoms with Gasteiger partial charge in [0.15, 0.2) is 9.84 Å². The standard InChI is InChI=1S/C14H16N2O7S2/c1-25(21,22)11-6-12(13(17)24)15(7-11)14(18)23-8-9-2-4-10(5-3-9)16(19)20/h2-5,11-12H,6-8H2,1H3,(H,17,24)/t11-,12+/m1/s1. The summed E-state index contributed by atoms with van der Waals surface area (Å²) < 4.78 is 28.4. The molecule has 1 amide bonds. The molecule has 0 bridgehead atoms. The second-order valence-corrected chi connectivity index (χ2v) is 8.44. The highest BCUT2D eigenvalue weighted by Gasteiger charge is 2.43. The number of nitrogens with zero attached hydrogens (tertiary/aromatic N) is 2. The number of sulfone groups is 1. The topological polar surface area (TPSA) is 124 Å². The summed E-state index contributed by atoms with van der Waals surface area (Å²) >= 11 is 3.70. The van der Waals surface area contributed by atoms with Crippen molar-refractivity contribution in [3.8, 4) is 0 Å². The van der Waals surface area contributed by atoms with Crippen molar-refractivity contribution in [2.24, 2.45) is 0 Å². The molecule has 0 N–H and O–H groups in total. The van der Waals surface area contributed by atoms with E-state index in [9.17, 15) is 28.1 Å². The molecule has 0 spiro atoms. The van der Waals surface area contributed by atoms with E-state index in [0.29, 0.717) is 5.56 Å². The second-order valence-electron chi connectivity index (χ2n) is 5.67. The van der Waals surface area contributed by atoms with Gasteiger partial charge in [0.2, 0.25) is 5.12 Å². The van der Waals surface area contributed by atoms with Gasteiger partial charge in [-0.2, -0.15) is 0 Å². The molecule has 1 aliphatic heterocycles. The Morgan fingerprint density at radius 3 is 2.44 bits per heavy atom. The number of nitro benzene ring substituents is 1. The summed E-state index contributed by atoms with van der Waals surface area (Å²) in [5, 5.41) is 9.13. The molecular weight excluding hydrogens is 372 g/mol. The number of non-ortho nitro benzene ring substituents is 1. The van der Waals surface area contributed by atoms with E-state index in [1.807, 2.05) is 0 Å². The van der Waals surface area contributed by atoms with E-state index in [0.717, 1.165) is 11.2 Å². The van der Waals surface area contributed by atoms with Gasteiger partial charge in [0.05, 0.1) is 10.2 Å². The summed E-state index contributed by atoms with van der Waals surface area (Å²) in [5.41, 5.74) is 0.429. The van der Waals surface area contributed by atoms with Crippen molar-refractivity contribution in [2.45, 2.75) is 24.3 Å². The molecule has 0 aromatic heterocycles. The van der Waals surface area contributed by atoms with E-state index in [4.69, 9.17) is 4.74 Å². The number of ether oxygens (including phenoxy) is 1. The Labute approximate surface area is 149 Å². The van der Waals surface area contributed by atoms with Gasteiger partial charge in [0.25, 0.3) is 5.69 Å². The first-order chi connectivity index (χ1) is 11.6. The molecule has 1 heterocycles. The van der Waals surface area contributed by atoms with Crippen molar-refractivity contribution < 1.29 is 27.7 Å². The van der Waals surface area contributed by atoms with Crippen molar-refractivity contribution in [1.82, 2.24) is 4.90 Å². The number of nitro groups is 1. The largest absolute Gasteiger partial charge is 0.445 e. The zero-order chi connectivity index (χ0) is 18.8. The number of carbonyl (C=O) groups is 2. The minimum atomic E-state index is -3.41. The van der Waals surface area contributed by atoms with Crippen LogP contribution in [-0.4, -0.2) is 53.5 Å². The molecule has 1 saturated heterocycles. The van der Waals surface area contributed by atoms with Crippen LogP contribution < -0.4 is 0 Å². The third kappa shape index (κ3) is 4.69. The first kappa shape index (κ1) is 19.2. The molecule has 0 radical (unpaired) electrons. The molecule has 9 nitrogen and oxygen atoms in total. The lowest BCUT2D eigenvalue weighted by Gasteiger charge is -2.21. The van der Waals surface area contributed by atoms with Gasteiger partial charge in [-0.25, -0.2) is 13.2 Å². The fourth-order valence-corrected chi connectivity index (χ4v) is 3.69. The molecule has 1 aliphatic rings. The predicted octanol–water partition coefficient (Wildman–Crippen LogP) is 1.18. The van der Waals surface area contributed by atoms with Crippen LogP contribution >= 0.6 is 12.6 Å². The molecule has 136 valence electrons. The average molecular weight is 388 g/mol. The summed E-state index contributed by atoms with van der Waals surface area (Å²) in [5.74, 6) is 0. The molecule has 1 aromatic rings. The van der Waals surface area contributed by atoms with Gasteiger partial charge in [-0.3, -0.25) is 19.8 Å². The highest BCUT2D eigenvalue weighted by Crippen LogP contribution is 2.25. The molecule has 1 fully saturated rings. The Kier molecular flexibility index (Phi) is 5.68. The van der Waals surface area contributed by atoms with Crippen LogP contribution in [0.15, 0.2) is 24.3 Å². The van der Waals surface area contributed by atoms with Crippen LogP contribution in [0.5, 0.6) is 0 Å².